The summed E-state index contributed by atoms with van der Waals surface area (Å²) in [6, 6.07) is 69.6. The summed E-state index contributed by atoms with van der Waals surface area (Å²) in [6.07, 6.45) is 0. The monoisotopic (exact) mass is 754 g/mol. The lowest BCUT2D eigenvalue weighted by atomic mass is 9.65. The number of hydrogen-bond donors (Lipinski definition) is 0. The Hall–Kier alpha value is -7.36. The zero-order chi connectivity index (χ0) is 39.3. The molecule has 3 aliphatic rings. The molecular weight excluding hydrogens is 717 g/mol. The molecule has 59 heavy (non-hydrogen) atoms. The Bertz CT molecular complexity index is 3100. The molecular formula is C56H38N2O. The van der Waals surface area contributed by atoms with Crippen molar-refractivity contribution < 1.29 is 4.74 Å². The van der Waals surface area contributed by atoms with Crippen LogP contribution in [0, 0.1) is 0 Å². The molecule has 1 aromatic heterocycles. The first-order valence-corrected chi connectivity index (χ1v) is 20.4. The van der Waals surface area contributed by atoms with Gasteiger partial charge in [0.05, 0.1) is 16.8 Å². The van der Waals surface area contributed by atoms with Gasteiger partial charge in [-0.05, 0) is 62.2 Å². The Morgan fingerprint density at radius 1 is 0.390 bits per heavy atom. The van der Waals surface area contributed by atoms with Crippen molar-refractivity contribution in [2.75, 3.05) is 0 Å². The lowest BCUT2D eigenvalue weighted by Gasteiger charge is -2.41. The molecule has 0 unspecified atom stereocenters. The van der Waals surface area contributed by atoms with E-state index in [4.69, 9.17) is 14.7 Å². The van der Waals surface area contributed by atoms with Crippen molar-refractivity contribution >= 4 is 0 Å². The van der Waals surface area contributed by atoms with Gasteiger partial charge >= 0.3 is 0 Å². The molecule has 0 amide bonds. The summed E-state index contributed by atoms with van der Waals surface area (Å²) >= 11 is 0. The number of nitrogens with zero attached hydrogens (tertiary/aromatic N) is 2. The average Bonchev–Trinajstić information content (AvgIpc) is 3.73. The molecule has 0 radical (unpaired) electrons. The highest BCUT2D eigenvalue weighted by Crippen LogP contribution is 2.66. The molecule has 2 heterocycles. The largest absolute Gasteiger partial charge is 0.456 e. The van der Waals surface area contributed by atoms with Crippen LogP contribution in [0.5, 0.6) is 11.5 Å². The van der Waals surface area contributed by atoms with E-state index in [1.807, 2.05) is 18.2 Å². The van der Waals surface area contributed by atoms with E-state index < -0.39 is 5.41 Å². The predicted molar refractivity (Wildman–Crippen MR) is 239 cm³/mol. The molecule has 2 aliphatic carbocycles. The number of para-hydroxylation sites is 1. The minimum absolute atomic E-state index is 0.372. The highest BCUT2D eigenvalue weighted by Gasteiger charge is 2.53. The van der Waals surface area contributed by atoms with Crippen LogP contribution < -0.4 is 4.74 Å². The molecule has 0 saturated carbocycles. The van der Waals surface area contributed by atoms with Crippen molar-refractivity contribution in [2.45, 2.75) is 24.7 Å². The number of hydrogen-bond acceptors (Lipinski definition) is 3. The summed E-state index contributed by atoms with van der Waals surface area (Å²) in [7, 11) is 0. The molecule has 12 rings (SSSR count). The summed E-state index contributed by atoms with van der Waals surface area (Å²) in [5.41, 5.74) is 18.7. The first kappa shape index (κ1) is 33.7. The lowest BCUT2D eigenvalue weighted by Crippen LogP contribution is -2.33. The Morgan fingerprint density at radius 3 is 1.64 bits per heavy atom. The van der Waals surface area contributed by atoms with Gasteiger partial charge in [-0.3, -0.25) is 0 Å². The average molecular weight is 755 g/mol. The second kappa shape index (κ2) is 12.6. The first-order valence-electron chi connectivity index (χ1n) is 20.4. The Kier molecular flexibility index (Phi) is 7.19. The van der Waals surface area contributed by atoms with Crippen molar-refractivity contribution in [3.8, 4) is 78.8 Å². The first-order chi connectivity index (χ1) is 29.0. The van der Waals surface area contributed by atoms with E-state index in [1.165, 1.54) is 66.8 Å². The molecule has 3 nitrogen and oxygen atoms in total. The quantitative estimate of drug-likeness (QED) is 0.179. The summed E-state index contributed by atoms with van der Waals surface area (Å²) in [4.78, 5) is 10.5. The maximum absolute atomic E-state index is 7.22. The minimum atomic E-state index is -0.526. The standard InChI is InChI=1S/C56H38N2O/c1-55(2)46-26-15-22-41(49-34-48(57-54(58-49)38-18-7-4-8-19-38)37-30-28-36(29-31-37)35-16-5-3-6-17-35)51(46)42-32-33-47-53(52(42)55)59-50-27-14-13-25-45(50)56(47)43-23-11-9-20-39(43)40-21-10-12-24-44(40)56/h3-34H,1-2H3. The van der Waals surface area contributed by atoms with E-state index in [0.717, 1.165) is 39.6 Å². The van der Waals surface area contributed by atoms with Crippen LogP contribution in [0.25, 0.3) is 67.3 Å². The molecule has 0 saturated heterocycles. The number of aromatic nitrogens is 2. The van der Waals surface area contributed by atoms with Crippen LogP contribution in [0.3, 0.4) is 0 Å². The summed E-state index contributed by atoms with van der Waals surface area (Å²) < 4.78 is 7.22. The molecule has 0 bridgehead atoms. The highest BCUT2D eigenvalue weighted by atomic mass is 16.5. The lowest BCUT2D eigenvalue weighted by molar-refractivity contribution is 0.422. The zero-order valence-electron chi connectivity index (χ0n) is 32.8. The topological polar surface area (TPSA) is 35.0 Å². The minimum Gasteiger partial charge on any atom is -0.456 e. The van der Waals surface area contributed by atoms with Gasteiger partial charge in [0.2, 0.25) is 0 Å². The third-order valence-corrected chi connectivity index (χ3v) is 13.0. The van der Waals surface area contributed by atoms with E-state index in [-0.39, 0.29) is 5.41 Å². The van der Waals surface area contributed by atoms with Crippen molar-refractivity contribution in [2.24, 2.45) is 0 Å². The van der Waals surface area contributed by atoms with E-state index in [2.05, 4.69) is 190 Å². The molecule has 1 aliphatic heterocycles. The van der Waals surface area contributed by atoms with Gasteiger partial charge in [-0.2, -0.15) is 0 Å². The summed E-state index contributed by atoms with van der Waals surface area (Å²) in [6.45, 7) is 4.70. The Balaban J connectivity index is 1.08. The number of benzene rings is 8. The van der Waals surface area contributed by atoms with Gasteiger partial charge in [0.1, 0.15) is 11.5 Å². The fourth-order valence-corrected chi connectivity index (χ4v) is 10.4. The third kappa shape index (κ3) is 4.76. The van der Waals surface area contributed by atoms with Crippen LogP contribution >= 0.6 is 0 Å². The van der Waals surface area contributed by atoms with Crippen LogP contribution in [0.4, 0.5) is 0 Å². The molecule has 8 aromatic carbocycles. The van der Waals surface area contributed by atoms with Gasteiger partial charge in [-0.15, -0.1) is 0 Å². The predicted octanol–water partition coefficient (Wildman–Crippen LogP) is 13.9. The maximum atomic E-state index is 7.22. The third-order valence-electron chi connectivity index (χ3n) is 13.0. The SMILES string of the molecule is CC1(C)c2cccc(-c3cc(-c4ccc(-c5ccccc5)cc4)nc(-c4ccccc4)n3)c2-c2ccc3c(c21)Oc1ccccc1C31c2ccccc2-c2ccccc21. The Morgan fingerprint density at radius 2 is 0.932 bits per heavy atom. The molecule has 0 atom stereocenters. The van der Waals surface area contributed by atoms with Crippen LogP contribution in [-0.4, -0.2) is 9.97 Å². The second-order valence-corrected chi connectivity index (χ2v) is 16.4. The van der Waals surface area contributed by atoms with Crippen molar-refractivity contribution in [1.29, 1.82) is 0 Å². The number of ether oxygens (including phenoxy) is 1. The van der Waals surface area contributed by atoms with E-state index >= 15 is 0 Å². The van der Waals surface area contributed by atoms with E-state index in [0.29, 0.717) is 5.82 Å². The van der Waals surface area contributed by atoms with Crippen LogP contribution in [-0.2, 0) is 10.8 Å². The molecule has 0 fully saturated rings. The van der Waals surface area contributed by atoms with Crippen molar-refractivity contribution in [3.05, 3.63) is 228 Å². The van der Waals surface area contributed by atoms with Gasteiger partial charge in [0, 0.05) is 38.8 Å². The molecule has 3 heteroatoms. The van der Waals surface area contributed by atoms with Gasteiger partial charge in [0.25, 0.3) is 0 Å². The molecule has 1 spiro atoms. The van der Waals surface area contributed by atoms with Gasteiger partial charge < -0.3 is 4.74 Å². The van der Waals surface area contributed by atoms with E-state index in [9.17, 15) is 0 Å². The smallest absolute Gasteiger partial charge is 0.160 e. The fraction of sp³-hybridized carbons (Fsp3) is 0.0714. The van der Waals surface area contributed by atoms with Gasteiger partial charge in [0.15, 0.2) is 5.82 Å². The van der Waals surface area contributed by atoms with E-state index in [1.54, 1.807) is 0 Å². The Labute approximate surface area is 344 Å². The van der Waals surface area contributed by atoms with Crippen molar-refractivity contribution in [1.82, 2.24) is 9.97 Å². The van der Waals surface area contributed by atoms with Crippen LogP contribution in [0.1, 0.15) is 47.2 Å². The summed E-state index contributed by atoms with van der Waals surface area (Å²) in [5.74, 6) is 2.55. The number of rotatable bonds is 4. The van der Waals surface area contributed by atoms with Gasteiger partial charge in [-0.1, -0.05) is 196 Å². The number of fused-ring (bicyclic) bond motifs is 13. The molecule has 9 aromatic rings. The molecule has 278 valence electrons. The molecule has 0 N–H and O–H groups in total. The maximum Gasteiger partial charge on any atom is 0.160 e. The zero-order valence-corrected chi connectivity index (χ0v) is 32.8. The highest BCUT2D eigenvalue weighted by molar-refractivity contribution is 5.96. The van der Waals surface area contributed by atoms with Crippen LogP contribution in [0.15, 0.2) is 194 Å². The summed E-state index contributed by atoms with van der Waals surface area (Å²) in [5, 5.41) is 0. The van der Waals surface area contributed by atoms with Crippen molar-refractivity contribution in [3.63, 3.8) is 0 Å². The van der Waals surface area contributed by atoms with Gasteiger partial charge in [-0.25, -0.2) is 9.97 Å². The fourth-order valence-electron chi connectivity index (χ4n) is 10.4. The van der Waals surface area contributed by atoms with Crippen LogP contribution in [0.2, 0.25) is 0 Å². The normalized spacial score (nSPS) is 14.3. The second-order valence-electron chi connectivity index (χ2n) is 16.4.